The van der Waals surface area contributed by atoms with Crippen molar-refractivity contribution in [1.82, 2.24) is 0 Å². The summed E-state index contributed by atoms with van der Waals surface area (Å²) >= 11 is 3.44. The fraction of sp³-hybridized carbons (Fsp3) is 0.571. The van der Waals surface area contributed by atoms with Gasteiger partial charge in [-0.3, -0.25) is 0 Å². The molecule has 0 saturated carbocycles. The summed E-state index contributed by atoms with van der Waals surface area (Å²) in [4.78, 5) is 0. The minimum Gasteiger partial charge on any atom is -0.496 e. The third kappa shape index (κ3) is 4.68. The highest BCUT2D eigenvalue weighted by Gasteiger charge is 2.11. The molecule has 0 heterocycles. The second kappa shape index (κ2) is 7.72. The van der Waals surface area contributed by atoms with Gasteiger partial charge in [-0.05, 0) is 18.6 Å². The van der Waals surface area contributed by atoms with Crippen molar-refractivity contribution in [2.45, 2.75) is 45.1 Å². The van der Waals surface area contributed by atoms with Gasteiger partial charge in [0.2, 0.25) is 0 Å². The molecule has 0 bridgehead atoms. The lowest BCUT2D eigenvalue weighted by molar-refractivity contribution is 0.402. The van der Waals surface area contributed by atoms with Gasteiger partial charge >= 0.3 is 0 Å². The first-order valence-corrected chi connectivity index (χ1v) is 7.07. The minimum absolute atomic E-state index is 0.0786. The zero-order chi connectivity index (χ0) is 12.7. The predicted octanol–water partition coefficient (Wildman–Crippen LogP) is 4.43. The lowest BCUT2D eigenvalue weighted by Gasteiger charge is -2.15. The van der Waals surface area contributed by atoms with Gasteiger partial charge in [-0.15, -0.1) is 0 Å². The number of ether oxygens (including phenoxy) is 1. The standard InChI is InChI=1S/C14H22BrNO/c1-3-4-5-6-7-13(16)12-9-8-11(15)10-14(12)17-2/h8-10,13H,3-7,16H2,1-2H3. The lowest BCUT2D eigenvalue weighted by Crippen LogP contribution is -2.11. The number of nitrogens with two attached hydrogens (primary N) is 1. The summed E-state index contributed by atoms with van der Waals surface area (Å²) in [5, 5.41) is 0. The van der Waals surface area contributed by atoms with Crippen LogP contribution in [0.5, 0.6) is 5.75 Å². The maximum absolute atomic E-state index is 6.21. The molecule has 96 valence electrons. The Morgan fingerprint density at radius 3 is 2.71 bits per heavy atom. The van der Waals surface area contributed by atoms with Crippen molar-refractivity contribution in [2.24, 2.45) is 5.73 Å². The largest absolute Gasteiger partial charge is 0.496 e. The molecule has 1 atom stereocenters. The van der Waals surface area contributed by atoms with E-state index in [-0.39, 0.29) is 6.04 Å². The molecule has 0 aliphatic carbocycles. The van der Waals surface area contributed by atoms with Crippen LogP contribution in [0, 0.1) is 0 Å². The molecule has 0 aliphatic rings. The van der Waals surface area contributed by atoms with Crippen LogP contribution in [0.1, 0.15) is 50.6 Å². The van der Waals surface area contributed by atoms with Crippen LogP contribution < -0.4 is 10.5 Å². The third-order valence-electron chi connectivity index (χ3n) is 2.96. The summed E-state index contributed by atoms with van der Waals surface area (Å²) in [6.45, 7) is 2.22. The summed E-state index contributed by atoms with van der Waals surface area (Å²) in [6, 6.07) is 6.12. The molecular weight excluding hydrogens is 278 g/mol. The number of halogens is 1. The Labute approximate surface area is 113 Å². The number of unbranched alkanes of at least 4 members (excludes halogenated alkanes) is 3. The van der Waals surface area contributed by atoms with Crippen molar-refractivity contribution in [2.75, 3.05) is 7.11 Å². The molecule has 1 aromatic rings. The average Bonchev–Trinajstić information content (AvgIpc) is 2.34. The Hall–Kier alpha value is -0.540. The maximum Gasteiger partial charge on any atom is 0.124 e. The molecule has 1 unspecified atom stereocenters. The van der Waals surface area contributed by atoms with Crippen molar-refractivity contribution in [3.63, 3.8) is 0 Å². The van der Waals surface area contributed by atoms with E-state index in [1.54, 1.807) is 7.11 Å². The smallest absolute Gasteiger partial charge is 0.124 e. The summed E-state index contributed by atoms with van der Waals surface area (Å²) in [5.74, 6) is 0.877. The van der Waals surface area contributed by atoms with E-state index in [2.05, 4.69) is 22.9 Å². The van der Waals surface area contributed by atoms with Crippen molar-refractivity contribution >= 4 is 15.9 Å². The van der Waals surface area contributed by atoms with Crippen LogP contribution in [-0.2, 0) is 0 Å². The summed E-state index contributed by atoms with van der Waals surface area (Å²) in [6.07, 6.45) is 6.04. The molecule has 0 spiro atoms. The predicted molar refractivity (Wildman–Crippen MR) is 76.4 cm³/mol. The lowest BCUT2D eigenvalue weighted by atomic mass is 10.00. The van der Waals surface area contributed by atoms with Crippen LogP contribution in [0.25, 0.3) is 0 Å². The number of rotatable bonds is 7. The van der Waals surface area contributed by atoms with Crippen LogP contribution in [-0.4, -0.2) is 7.11 Å². The molecule has 2 N–H and O–H groups in total. The van der Waals surface area contributed by atoms with E-state index >= 15 is 0 Å². The van der Waals surface area contributed by atoms with Crippen molar-refractivity contribution in [1.29, 1.82) is 0 Å². The van der Waals surface area contributed by atoms with Crippen LogP contribution in [0.3, 0.4) is 0 Å². The fourth-order valence-corrected chi connectivity index (χ4v) is 2.28. The van der Waals surface area contributed by atoms with Gasteiger partial charge < -0.3 is 10.5 Å². The minimum atomic E-state index is 0.0786. The molecular formula is C14H22BrNO. The Kier molecular flexibility index (Phi) is 6.60. The number of benzene rings is 1. The van der Waals surface area contributed by atoms with E-state index in [4.69, 9.17) is 10.5 Å². The van der Waals surface area contributed by atoms with E-state index in [0.29, 0.717) is 0 Å². The number of methoxy groups -OCH3 is 1. The molecule has 17 heavy (non-hydrogen) atoms. The van der Waals surface area contributed by atoms with Gasteiger partial charge in [-0.2, -0.15) is 0 Å². The average molecular weight is 300 g/mol. The van der Waals surface area contributed by atoms with Crippen LogP contribution >= 0.6 is 15.9 Å². The van der Waals surface area contributed by atoms with E-state index in [9.17, 15) is 0 Å². The molecule has 1 rings (SSSR count). The van der Waals surface area contributed by atoms with Crippen molar-refractivity contribution < 1.29 is 4.74 Å². The summed E-state index contributed by atoms with van der Waals surface area (Å²) in [5.41, 5.74) is 7.31. The van der Waals surface area contributed by atoms with Crippen molar-refractivity contribution in [3.8, 4) is 5.75 Å². The second-order valence-corrected chi connectivity index (χ2v) is 5.26. The van der Waals surface area contributed by atoms with Gasteiger partial charge in [0, 0.05) is 16.1 Å². The highest BCUT2D eigenvalue weighted by atomic mass is 79.9. The molecule has 0 aliphatic heterocycles. The normalized spacial score (nSPS) is 12.5. The molecule has 3 heteroatoms. The van der Waals surface area contributed by atoms with Crippen LogP contribution in [0.4, 0.5) is 0 Å². The molecule has 2 nitrogen and oxygen atoms in total. The Balaban J connectivity index is 2.58. The highest BCUT2D eigenvalue weighted by molar-refractivity contribution is 9.10. The monoisotopic (exact) mass is 299 g/mol. The number of hydrogen-bond acceptors (Lipinski definition) is 2. The molecule has 1 aromatic carbocycles. The third-order valence-corrected chi connectivity index (χ3v) is 3.46. The van der Waals surface area contributed by atoms with Gasteiger partial charge in [-0.25, -0.2) is 0 Å². The highest BCUT2D eigenvalue weighted by Crippen LogP contribution is 2.29. The number of hydrogen-bond donors (Lipinski definition) is 1. The van der Waals surface area contributed by atoms with E-state index in [1.165, 1.54) is 25.7 Å². The Bertz CT molecular complexity index is 341. The van der Waals surface area contributed by atoms with Gasteiger partial charge in [-0.1, -0.05) is 54.6 Å². The zero-order valence-electron chi connectivity index (χ0n) is 10.7. The first-order valence-electron chi connectivity index (χ1n) is 6.28. The van der Waals surface area contributed by atoms with Gasteiger partial charge in [0.05, 0.1) is 7.11 Å². The van der Waals surface area contributed by atoms with Gasteiger partial charge in [0.1, 0.15) is 5.75 Å². The van der Waals surface area contributed by atoms with Crippen LogP contribution in [0.2, 0.25) is 0 Å². The molecule has 0 saturated heterocycles. The van der Waals surface area contributed by atoms with E-state index < -0.39 is 0 Å². The molecule has 0 amide bonds. The fourth-order valence-electron chi connectivity index (χ4n) is 1.94. The van der Waals surface area contributed by atoms with E-state index in [1.807, 2.05) is 18.2 Å². The van der Waals surface area contributed by atoms with Gasteiger partial charge in [0.25, 0.3) is 0 Å². The van der Waals surface area contributed by atoms with Crippen LogP contribution in [0.15, 0.2) is 22.7 Å². The van der Waals surface area contributed by atoms with Crippen molar-refractivity contribution in [3.05, 3.63) is 28.2 Å². The topological polar surface area (TPSA) is 35.2 Å². The molecule has 0 radical (unpaired) electrons. The summed E-state index contributed by atoms with van der Waals surface area (Å²) < 4.78 is 6.39. The Morgan fingerprint density at radius 1 is 1.29 bits per heavy atom. The first kappa shape index (κ1) is 14.5. The zero-order valence-corrected chi connectivity index (χ0v) is 12.3. The quantitative estimate of drug-likeness (QED) is 0.756. The first-order chi connectivity index (χ1) is 8.19. The maximum atomic E-state index is 6.21. The van der Waals surface area contributed by atoms with Gasteiger partial charge in [0.15, 0.2) is 0 Å². The van der Waals surface area contributed by atoms with E-state index in [0.717, 1.165) is 22.2 Å². The molecule has 0 fully saturated rings. The SMILES string of the molecule is CCCCCCC(N)c1ccc(Br)cc1OC. The summed E-state index contributed by atoms with van der Waals surface area (Å²) in [7, 11) is 1.69. The molecule has 0 aromatic heterocycles. The Morgan fingerprint density at radius 2 is 2.06 bits per heavy atom. The second-order valence-electron chi connectivity index (χ2n) is 4.34.